The lowest BCUT2D eigenvalue weighted by Gasteiger charge is -2.02. The first-order valence-electron chi connectivity index (χ1n) is 3.32. The molecule has 0 saturated heterocycles. The van der Waals surface area contributed by atoms with Gasteiger partial charge in [0, 0.05) is 6.07 Å². The third-order valence-corrected chi connectivity index (χ3v) is 1.85. The fraction of sp³-hybridized carbons (Fsp3) is 0.250. The Kier molecular flexibility index (Phi) is 2.88. The topological polar surface area (TPSA) is 9.23 Å². The van der Waals surface area contributed by atoms with Gasteiger partial charge in [-0.1, -0.05) is 0 Å². The second kappa shape index (κ2) is 3.72. The zero-order valence-electron chi connectivity index (χ0n) is 6.10. The maximum atomic E-state index is 12.8. The van der Waals surface area contributed by atoms with Crippen LogP contribution >= 0.6 is 15.9 Å². The van der Waals surface area contributed by atoms with Gasteiger partial charge in [-0.15, -0.1) is 0 Å². The van der Waals surface area contributed by atoms with Crippen LogP contribution in [0.15, 0.2) is 22.7 Å². The van der Waals surface area contributed by atoms with Crippen molar-refractivity contribution in [3.05, 3.63) is 28.5 Å². The molecule has 0 unspecified atom stereocenters. The van der Waals surface area contributed by atoms with Gasteiger partial charge in [0.15, 0.2) is 0 Å². The van der Waals surface area contributed by atoms with Crippen LogP contribution in [-0.4, -0.2) is 6.61 Å². The molecule has 0 bridgehead atoms. The molecule has 1 rings (SSSR count). The number of benzene rings is 1. The highest BCUT2D eigenvalue weighted by Crippen LogP contribution is 2.20. The molecule has 0 atom stereocenters. The quantitative estimate of drug-likeness (QED) is 0.742. The Hall–Kier alpha value is -0.570. The molecule has 1 nitrogen and oxygen atoms in total. The molecule has 0 amide bonds. The van der Waals surface area contributed by atoms with Gasteiger partial charge in [-0.3, -0.25) is 0 Å². The highest BCUT2D eigenvalue weighted by molar-refractivity contribution is 9.10. The Balaban J connectivity index is 2.86. The average Bonchev–Trinajstić information content (AvgIpc) is 1.98. The molecule has 0 aliphatic heterocycles. The van der Waals surface area contributed by atoms with Crippen LogP contribution in [0.25, 0.3) is 0 Å². The monoisotopic (exact) mass is 218 g/mol. The smallest absolute Gasteiger partial charge is 0.141 e. The van der Waals surface area contributed by atoms with Crippen molar-refractivity contribution in [2.24, 2.45) is 0 Å². The Morgan fingerprint density at radius 2 is 2.27 bits per heavy atom. The Bertz CT molecular complexity index is 250. The van der Waals surface area contributed by atoms with Gasteiger partial charge in [-0.2, -0.15) is 0 Å². The second-order valence-corrected chi connectivity index (χ2v) is 2.86. The summed E-state index contributed by atoms with van der Waals surface area (Å²) in [4.78, 5) is 0. The maximum absolute atomic E-state index is 12.8. The fourth-order valence-electron chi connectivity index (χ4n) is 0.733. The first-order valence-corrected chi connectivity index (χ1v) is 4.11. The molecule has 0 aromatic heterocycles. The van der Waals surface area contributed by atoms with Crippen LogP contribution in [0.4, 0.5) is 4.39 Å². The van der Waals surface area contributed by atoms with E-state index in [9.17, 15) is 4.39 Å². The number of halogens is 2. The molecule has 60 valence electrons. The van der Waals surface area contributed by atoms with Crippen molar-refractivity contribution >= 4 is 15.9 Å². The Morgan fingerprint density at radius 3 is 2.82 bits per heavy atom. The number of hydrogen-bond acceptors (Lipinski definition) is 1. The van der Waals surface area contributed by atoms with Crippen LogP contribution in [0.5, 0.6) is 5.75 Å². The molecule has 0 radical (unpaired) electrons. The van der Waals surface area contributed by atoms with Gasteiger partial charge in [0.2, 0.25) is 0 Å². The van der Waals surface area contributed by atoms with Crippen molar-refractivity contribution in [3.8, 4) is 5.75 Å². The van der Waals surface area contributed by atoms with Crippen molar-refractivity contribution in [1.29, 1.82) is 0 Å². The van der Waals surface area contributed by atoms with Crippen molar-refractivity contribution < 1.29 is 9.13 Å². The van der Waals surface area contributed by atoms with E-state index in [1.165, 1.54) is 6.07 Å². The Morgan fingerprint density at radius 1 is 1.55 bits per heavy atom. The number of rotatable bonds is 2. The van der Waals surface area contributed by atoms with Crippen molar-refractivity contribution in [1.82, 2.24) is 0 Å². The van der Waals surface area contributed by atoms with Gasteiger partial charge in [0.1, 0.15) is 11.6 Å². The standard InChI is InChI=1S/C8H8BrFO/c1-2-11-6-3-4-7(9)8(10)5-6/h3-5H,2H2,1H3. The van der Waals surface area contributed by atoms with Crippen molar-refractivity contribution in [2.75, 3.05) is 6.61 Å². The van der Waals surface area contributed by atoms with Gasteiger partial charge in [0.25, 0.3) is 0 Å². The van der Waals surface area contributed by atoms with E-state index in [1.54, 1.807) is 12.1 Å². The van der Waals surface area contributed by atoms with Crippen molar-refractivity contribution in [3.63, 3.8) is 0 Å². The normalized spacial score (nSPS) is 9.73. The predicted octanol–water partition coefficient (Wildman–Crippen LogP) is 2.99. The molecular formula is C8H8BrFO. The fourth-order valence-corrected chi connectivity index (χ4v) is 0.980. The van der Waals surface area contributed by atoms with E-state index < -0.39 is 0 Å². The van der Waals surface area contributed by atoms with E-state index in [-0.39, 0.29) is 5.82 Å². The molecule has 0 aliphatic rings. The SMILES string of the molecule is CCOc1ccc(Br)c(F)c1. The molecule has 1 aromatic rings. The largest absolute Gasteiger partial charge is 0.494 e. The third kappa shape index (κ3) is 2.19. The molecule has 0 heterocycles. The molecule has 1 aromatic carbocycles. The minimum Gasteiger partial charge on any atom is -0.494 e. The molecule has 0 fully saturated rings. The molecule has 3 heteroatoms. The minimum atomic E-state index is -0.295. The summed E-state index contributed by atoms with van der Waals surface area (Å²) in [6.07, 6.45) is 0. The summed E-state index contributed by atoms with van der Waals surface area (Å²) in [5.74, 6) is 0.268. The molecule has 11 heavy (non-hydrogen) atoms. The summed E-state index contributed by atoms with van der Waals surface area (Å²) in [5, 5.41) is 0. The number of hydrogen-bond donors (Lipinski definition) is 0. The van der Waals surface area contributed by atoms with Crippen LogP contribution < -0.4 is 4.74 Å². The van der Waals surface area contributed by atoms with E-state index in [0.29, 0.717) is 16.8 Å². The van der Waals surface area contributed by atoms with Gasteiger partial charge in [-0.05, 0) is 35.0 Å². The Labute approximate surface area is 73.3 Å². The lowest BCUT2D eigenvalue weighted by Crippen LogP contribution is -1.91. The molecule has 0 aliphatic carbocycles. The van der Waals surface area contributed by atoms with E-state index in [0.717, 1.165) is 0 Å². The van der Waals surface area contributed by atoms with E-state index in [2.05, 4.69) is 15.9 Å². The summed E-state index contributed by atoms with van der Waals surface area (Å²) in [6, 6.07) is 4.70. The minimum absolute atomic E-state index is 0.295. The first kappa shape index (κ1) is 8.53. The summed E-state index contributed by atoms with van der Waals surface area (Å²) in [6.45, 7) is 2.42. The number of ether oxygens (including phenoxy) is 1. The van der Waals surface area contributed by atoms with Gasteiger partial charge in [0.05, 0.1) is 11.1 Å². The van der Waals surface area contributed by atoms with E-state index in [4.69, 9.17) is 4.74 Å². The average molecular weight is 219 g/mol. The molecular weight excluding hydrogens is 211 g/mol. The van der Waals surface area contributed by atoms with E-state index in [1.807, 2.05) is 6.92 Å². The zero-order valence-corrected chi connectivity index (χ0v) is 7.69. The molecule has 0 spiro atoms. The molecule has 0 N–H and O–H groups in total. The highest BCUT2D eigenvalue weighted by atomic mass is 79.9. The van der Waals surface area contributed by atoms with Crippen LogP contribution in [0.1, 0.15) is 6.92 Å². The van der Waals surface area contributed by atoms with E-state index >= 15 is 0 Å². The van der Waals surface area contributed by atoms with Crippen LogP contribution in [0.3, 0.4) is 0 Å². The predicted molar refractivity (Wildman–Crippen MR) is 45.3 cm³/mol. The van der Waals surface area contributed by atoms with Crippen LogP contribution in [-0.2, 0) is 0 Å². The second-order valence-electron chi connectivity index (χ2n) is 2.01. The first-order chi connectivity index (χ1) is 5.24. The summed E-state index contributed by atoms with van der Waals surface area (Å²) in [5.41, 5.74) is 0. The highest BCUT2D eigenvalue weighted by Gasteiger charge is 1.99. The third-order valence-electron chi connectivity index (χ3n) is 1.20. The zero-order chi connectivity index (χ0) is 8.27. The van der Waals surface area contributed by atoms with Crippen LogP contribution in [0.2, 0.25) is 0 Å². The van der Waals surface area contributed by atoms with Crippen molar-refractivity contribution in [2.45, 2.75) is 6.92 Å². The summed E-state index contributed by atoms with van der Waals surface area (Å²) in [7, 11) is 0. The van der Waals surface area contributed by atoms with Gasteiger partial charge < -0.3 is 4.74 Å². The summed E-state index contributed by atoms with van der Waals surface area (Å²) >= 11 is 3.05. The lowest BCUT2D eigenvalue weighted by molar-refractivity contribution is 0.338. The van der Waals surface area contributed by atoms with Gasteiger partial charge >= 0.3 is 0 Å². The lowest BCUT2D eigenvalue weighted by atomic mass is 10.3. The van der Waals surface area contributed by atoms with Gasteiger partial charge in [-0.25, -0.2) is 4.39 Å². The summed E-state index contributed by atoms with van der Waals surface area (Å²) < 4.78 is 18.3. The molecule has 0 saturated carbocycles. The maximum Gasteiger partial charge on any atom is 0.141 e. The van der Waals surface area contributed by atoms with Crippen LogP contribution in [0, 0.1) is 5.82 Å².